The number of nitrogens with zero attached hydrogens (tertiary/aromatic N) is 1. The normalized spacial score (nSPS) is 11.9. The van der Waals surface area contributed by atoms with E-state index >= 15 is 0 Å². The molecule has 17 heavy (non-hydrogen) atoms. The molecule has 0 bridgehead atoms. The highest BCUT2D eigenvalue weighted by molar-refractivity contribution is 9.10. The van der Waals surface area contributed by atoms with E-state index in [0.717, 1.165) is 4.47 Å². The topological polar surface area (TPSA) is 57.6 Å². The van der Waals surface area contributed by atoms with Crippen molar-refractivity contribution in [3.63, 3.8) is 0 Å². The monoisotopic (exact) mass is 299 g/mol. The molecule has 0 radical (unpaired) electrons. The Morgan fingerprint density at radius 3 is 2.59 bits per heavy atom. The minimum Gasteiger partial charge on any atom is -0.480 e. The summed E-state index contributed by atoms with van der Waals surface area (Å²) < 4.78 is 0.792. The van der Waals surface area contributed by atoms with Gasteiger partial charge in [0, 0.05) is 17.1 Å². The molecule has 0 spiro atoms. The Balaban J connectivity index is 2.93. The highest BCUT2D eigenvalue weighted by Gasteiger charge is 2.25. The number of amides is 1. The Hall–Kier alpha value is -1.36. The predicted molar refractivity (Wildman–Crippen MR) is 68.0 cm³/mol. The number of carboxylic acids is 1. The van der Waals surface area contributed by atoms with E-state index in [2.05, 4.69) is 15.9 Å². The largest absolute Gasteiger partial charge is 0.480 e. The fraction of sp³-hybridized carbons (Fsp3) is 0.333. The molecule has 1 aromatic carbocycles. The third kappa shape index (κ3) is 3.30. The van der Waals surface area contributed by atoms with E-state index in [1.807, 2.05) is 6.07 Å². The van der Waals surface area contributed by atoms with Gasteiger partial charge in [-0.2, -0.15) is 0 Å². The number of benzene rings is 1. The summed E-state index contributed by atoms with van der Waals surface area (Å²) >= 11 is 3.28. The molecule has 0 aliphatic carbocycles. The Morgan fingerprint density at radius 1 is 1.47 bits per heavy atom. The van der Waals surface area contributed by atoms with E-state index in [1.54, 1.807) is 25.1 Å². The molecule has 1 unspecified atom stereocenters. The second-order valence-corrected chi connectivity index (χ2v) is 4.60. The second-order valence-electron chi connectivity index (χ2n) is 3.69. The van der Waals surface area contributed by atoms with Gasteiger partial charge in [-0.05, 0) is 24.6 Å². The molecule has 0 aliphatic rings. The van der Waals surface area contributed by atoms with Gasteiger partial charge in [-0.15, -0.1) is 0 Å². The highest BCUT2D eigenvalue weighted by Crippen LogP contribution is 2.14. The number of carbonyl (C=O) groups excluding carboxylic acids is 1. The molecule has 0 aliphatic heterocycles. The Labute approximate surface area is 108 Å². The minimum atomic E-state index is -0.988. The quantitative estimate of drug-likeness (QED) is 0.929. The lowest BCUT2D eigenvalue weighted by molar-refractivity contribution is -0.142. The van der Waals surface area contributed by atoms with Gasteiger partial charge in [-0.3, -0.25) is 4.79 Å². The third-order valence-corrected chi connectivity index (χ3v) is 3.02. The van der Waals surface area contributed by atoms with E-state index in [9.17, 15) is 9.59 Å². The Morgan fingerprint density at radius 2 is 2.12 bits per heavy atom. The number of likely N-dealkylation sites (N-methyl/N-ethyl adjacent to an activating group) is 1. The zero-order valence-electron chi connectivity index (χ0n) is 9.68. The van der Waals surface area contributed by atoms with Crippen LogP contribution in [0.1, 0.15) is 23.7 Å². The maximum atomic E-state index is 12.0. The first-order valence-electron chi connectivity index (χ1n) is 5.23. The van der Waals surface area contributed by atoms with Crippen molar-refractivity contribution in [2.75, 3.05) is 7.05 Å². The molecule has 0 saturated carbocycles. The number of aliphatic carboxylic acids is 1. The van der Waals surface area contributed by atoms with Crippen molar-refractivity contribution in [2.45, 2.75) is 19.4 Å². The zero-order chi connectivity index (χ0) is 13.0. The number of carbonyl (C=O) groups is 2. The maximum Gasteiger partial charge on any atom is 0.326 e. The van der Waals surface area contributed by atoms with Crippen LogP contribution in [0.5, 0.6) is 0 Å². The molecular formula is C12H14BrNO3. The van der Waals surface area contributed by atoms with Gasteiger partial charge in [-0.1, -0.05) is 28.9 Å². The molecule has 4 nitrogen and oxygen atoms in total. The molecule has 92 valence electrons. The van der Waals surface area contributed by atoms with E-state index < -0.39 is 12.0 Å². The van der Waals surface area contributed by atoms with Gasteiger partial charge in [0.15, 0.2) is 0 Å². The van der Waals surface area contributed by atoms with Crippen LogP contribution in [0.15, 0.2) is 28.7 Å². The Kier molecular flexibility index (Phi) is 4.69. The molecule has 1 amide bonds. The summed E-state index contributed by atoms with van der Waals surface area (Å²) in [7, 11) is 1.51. The van der Waals surface area contributed by atoms with E-state index in [4.69, 9.17) is 5.11 Å². The fourth-order valence-electron chi connectivity index (χ4n) is 1.58. The number of hydrogen-bond acceptors (Lipinski definition) is 2. The second kappa shape index (κ2) is 5.82. The van der Waals surface area contributed by atoms with Crippen molar-refractivity contribution >= 4 is 27.8 Å². The van der Waals surface area contributed by atoms with E-state index in [-0.39, 0.29) is 5.91 Å². The van der Waals surface area contributed by atoms with E-state index in [1.165, 1.54) is 11.9 Å². The van der Waals surface area contributed by atoms with Crippen LogP contribution >= 0.6 is 15.9 Å². The van der Waals surface area contributed by atoms with Gasteiger partial charge in [0.1, 0.15) is 6.04 Å². The summed E-state index contributed by atoms with van der Waals surface area (Å²) in [6, 6.07) is 6.10. The number of carboxylic acid groups (broad SMARTS) is 1. The molecule has 1 N–H and O–H groups in total. The van der Waals surface area contributed by atoms with Crippen LogP contribution in [0.25, 0.3) is 0 Å². The van der Waals surface area contributed by atoms with Crippen molar-refractivity contribution in [1.82, 2.24) is 4.90 Å². The molecule has 1 rings (SSSR count). The van der Waals surface area contributed by atoms with Crippen LogP contribution < -0.4 is 0 Å². The van der Waals surface area contributed by atoms with Crippen LogP contribution in [0.3, 0.4) is 0 Å². The van der Waals surface area contributed by atoms with Crippen molar-refractivity contribution in [3.8, 4) is 0 Å². The summed E-state index contributed by atoms with van der Waals surface area (Å²) in [5, 5.41) is 8.99. The SMILES string of the molecule is CCC(C(=O)O)N(C)C(=O)c1cccc(Br)c1. The molecule has 0 heterocycles. The van der Waals surface area contributed by atoms with Gasteiger partial charge >= 0.3 is 5.97 Å². The maximum absolute atomic E-state index is 12.0. The summed E-state index contributed by atoms with van der Waals surface area (Å²) in [6.45, 7) is 1.74. The first kappa shape index (κ1) is 13.7. The number of halogens is 1. The predicted octanol–water partition coefficient (Wildman–Crippen LogP) is 2.38. The van der Waals surface area contributed by atoms with Crippen LogP contribution in [0.2, 0.25) is 0 Å². The minimum absolute atomic E-state index is 0.291. The summed E-state index contributed by atoms with van der Waals surface area (Å²) in [5.41, 5.74) is 0.474. The van der Waals surface area contributed by atoms with Crippen LogP contribution in [0, 0.1) is 0 Å². The van der Waals surface area contributed by atoms with Crippen molar-refractivity contribution in [3.05, 3.63) is 34.3 Å². The summed E-state index contributed by atoms with van der Waals surface area (Å²) in [6.07, 6.45) is 0.381. The molecule has 1 atom stereocenters. The first-order chi connectivity index (χ1) is 7.97. The summed E-state index contributed by atoms with van der Waals surface area (Å²) in [5.74, 6) is -1.28. The molecule has 5 heteroatoms. The lowest BCUT2D eigenvalue weighted by Crippen LogP contribution is -2.41. The third-order valence-electron chi connectivity index (χ3n) is 2.53. The van der Waals surface area contributed by atoms with E-state index in [0.29, 0.717) is 12.0 Å². The summed E-state index contributed by atoms with van der Waals surface area (Å²) in [4.78, 5) is 24.3. The lowest BCUT2D eigenvalue weighted by Gasteiger charge is -2.23. The van der Waals surface area contributed by atoms with Crippen molar-refractivity contribution in [1.29, 1.82) is 0 Å². The lowest BCUT2D eigenvalue weighted by atomic mass is 10.1. The van der Waals surface area contributed by atoms with Crippen LogP contribution in [-0.2, 0) is 4.79 Å². The Bertz CT molecular complexity index is 434. The van der Waals surface area contributed by atoms with Crippen LogP contribution in [-0.4, -0.2) is 35.0 Å². The van der Waals surface area contributed by atoms with Crippen molar-refractivity contribution in [2.24, 2.45) is 0 Å². The smallest absolute Gasteiger partial charge is 0.326 e. The molecular weight excluding hydrogens is 286 g/mol. The number of hydrogen-bond donors (Lipinski definition) is 1. The van der Waals surface area contributed by atoms with Gasteiger partial charge < -0.3 is 10.0 Å². The van der Waals surface area contributed by atoms with Gasteiger partial charge in [0.2, 0.25) is 0 Å². The standard InChI is InChI=1S/C12H14BrNO3/c1-3-10(12(16)17)14(2)11(15)8-5-4-6-9(13)7-8/h4-7,10H,3H2,1-2H3,(H,16,17). The van der Waals surface area contributed by atoms with Gasteiger partial charge in [-0.25, -0.2) is 4.79 Å². The first-order valence-corrected chi connectivity index (χ1v) is 6.02. The van der Waals surface area contributed by atoms with Gasteiger partial charge in [0.05, 0.1) is 0 Å². The molecule has 0 aromatic heterocycles. The average molecular weight is 300 g/mol. The highest BCUT2D eigenvalue weighted by atomic mass is 79.9. The molecule has 0 saturated heterocycles. The average Bonchev–Trinajstić information content (AvgIpc) is 2.28. The fourth-order valence-corrected chi connectivity index (χ4v) is 1.98. The zero-order valence-corrected chi connectivity index (χ0v) is 11.3. The molecule has 1 aromatic rings. The molecule has 0 fully saturated rings. The van der Waals surface area contributed by atoms with Crippen LogP contribution in [0.4, 0.5) is 0 Å². The van der Waals surface area contributed by atoms with Crippen molar-refractivity contribution < 1.29 is 14.7 Å². The van der Waals surface area contributed by atoms with Gasteiger partial charge in [0.25, 0.3) is 5.91 Å². The number of rotatable bonds is 4.